The van der Waals surface area contributed by atoms with Gasteiger partial charge in [0.1, 0.15) is 0 Å². The molecule has 1 heterocycles. The molecule has 0 spiro atoms. The number of nitrogens with zero attached hydrogens (tertiary/aromatic N) is 2. The zero-order chi connectivity index (χ0) is 14.4. The largest absolute Gasteiger partial charge is 0.481 e. The van der Waals surface area contributed by atoms with E-state index in [-0.39, 0.29) is 18.5 Å². The molecule has 0 aliphatic carbocycles. The highest BCUT2D eigenvalue weighted by molar-refractivity contribution is 5.75. The van der Waals surface area contributed by atoms with E-state index >= 15 is 0 Å². The molecule has 3 N–H and O–H groups in total. The summed E-state index contributed by atoms with van der Waals surface area (Å²) in [6, 6.07) is -0.224. The fourth-order valence-electron chi connectivity index (χ4n) is 2.27. The molecule has 0 aromatic heterocycles. The highest BCUT2D eigenvalue weighted by Gasteiger charge is 2.34. The summed E-state index contributed by atoms with van der Waals surface area (Å²) in [4.78, 5) is 25.9. The van der Waals surface area contributed by atoms with Crippen LogP contribution in [-0.2, 0) is 4.79 Å². The van der Waals surface area contributed by atoms with Gasteiger partial charge in [0.05, 0.1) is 6.10 Å². The SMILES string of the molecule is CN(C)CC1CC(O)CN1C(=O)NCCCC(=O)O. The molecule has 0 radical (unpaired) electrons. The minimum absolute atomic E-state index is 0.00414. The molecule has 1 aliphatic rings. The number of amides is 2. The molecule has 2 unspecified atom stereocenters. The maximum Gasteiger partial charge on any atom is 0.317 e. The number of carboxylic acids is 1. The average Bonchev–Trinajstić information content (AvgIpc) is 2.64. The highest BCUT2D eigenvalue weighted by atomic mass is 16.4. The fraction of sp³-hybridized carbons (Fsp3) is 0.833. The van der Waals surface area contributed by atoms with E-state index in [1.54, 1.807) is 4.90 Å². The van der Waals surface area contributed by atoms with Crippen LogP contribution in [0.5, 0.6) is 0 Å². The number of likely N-dealkylation sites (tertiary alicyclic amines) is 1. The summed E-state index contributed by atoms with van der Waals surface area (Å²) in [5.41, 5.74) is 0. The molecule has 7 nitrogen and oxygen atoms in total. The topological polar surface area (TPSA) is 93.1 Å². The van der Waals surface area contributed by atoms with Gasteiger partial charge in [-0.15, -0.1) is 0 Å². The lowest BCUT2D eigenvalue weighted by molar-refractivity contribution is -0.137. The Morgan fingerprint density at radius 1 is 1.42 bits per heavy atom. The molecule has 1 fully saturated rings. The number of aliphatic hydroxyl groups is 1. The molecular weight excluding hydrogens is 250 g/mol. The van der Waals surface area contributed by atoms with Crippen molar-refractivity contribution in [3.8, 4) is 0 Å². The van der Waals surface area contributed by atoms with Gasteiger partial charge in [-0.25, -0.2) is 4.79 Å². The zero-order valence-electron chi connectivity index (χ0n) is 11.5. The summed E-state index contributed by atoms with van der Waals surface area (Å²) < 4.78 is 0. The second-order valence-corrected chi connectivity index (χ2v) is 5.19. The van der Waals surface area contributed by atoms with Crippen LogP contribution >= 0.6 is 0 Å². The number of carboxylic acid groups (broad SMARTS) is 1. The predicted molar refractivity (Wildman–Crippen MR) is 69.9 cm³/mol. The minimum atomic E-state index is -0.865. The third-order valence-corrected chi connectivity index (χ3v) is 3.07. The molecule has 1 aliphatic heterocycles. The van der Waals surface area contributed by atoms with Crippen molar-refractivity contribution in [1.82, 2.24) is 15.1 Å². The maximum atomic E-state index is 12.0. The van der Waals surface area contributed by atoms with Crippen molar-refractivity contribution in [2.45, 2.75) is 31.4 Å². The van der Waals surface area contributed by atoms with E-state index in [0.717, 1.165) is 0 Å². The van der Waals surface area contributed by atoms with Crippen LogP contribution in [0.25, 0.3) is 0 Å². The lowest BCUT2D eigenvalue weighted by atomic mass is 10.2. The number of likely N-dealkylation sites (N-methyl/N-ethyl adjacent to an activating group) is 1. The number of aliphatic carboxylic acids is 1. The zero-order valence-corrected chi connectivity index (χ0v) is 11.5. The molecule has 0 saturated carbocycles. The molecule has 1 saturated heterocycles. The Morgan fingerprint density at radius 2 is 2.11 bits per heavy atom. The Hall–Kier alpha value is -1.34. The molecular formula is C12H23N3O4. The van der Waals surface area contributed by atoms with Crippen molar-refractivity contribution >= 4 is 12.0 Å². The Bertz CT molecular complexity index is 322. The minimum Gasteiger partial charge on any atom is -0.481 e. The second kappa shape index (κ2) is 7.30. The van der Waals surface area contributed by atoms with Crippen LogP contribution in [0, 0.1) is 0 Å². The van der Waals surface area contributed by atoms with Crippen molar-refractivity contribution in [3.63, 3.8) is 0 Å². The number of nitrogens with one attached hydrogen (secondary N) is 1. The molecule has 2 amide bonds. The lowest BCUT2D eigenvalue weighted by Gasteiger charge is -2.26. The molecule has 19 heavy (non-hydrogen) atoms. The summed E-state index contributed by atoms with van der Waals surface area (Å²) in [6.45, 7) is 1.38. The Labute approximate surface area is 113 Å². The smallest absolute Gasteiger partial charge is 0.317 e. The number of β-amino-alcohol motifs (C(OH)–C–C–N with tert-alkyl or cyclic N) is 1. The molecule has 2 atom stereocenters. The summed E-state index contributed by atoms with van der Waals surface area (Å²) >= 11 is 0. The van der Waals surface area contributed by atoms with Crippen molar-refractivity contribution in [3.05, 3.63) is 0 Å². The third kappa shape index (κ3) is 5.44. The average molecular weight is 273 g/mol. The number of urea groups is 1. The molecule has 7 heteroatoms. The first-order valence-electron chi connectivity index (χ1n) is 6.49. The van der Waals surface area contributed by atoms with Crippen LogP contribution in [0.15, 0.2) is 0 Å². The van der Waals surface area contributed by atoms with Crippen LogP contribution in [-0.4, -0.2) is 77.9 Å². The van der Waals surface area contributed by atoms with Gasteiger partial charge in [-0.1, -0.05) is 0 Å². The maximum absolute atomic E-state index is 12.0. The molecule has 0 aromatic carbocycles. The van der Waals surface area contributed by atoms with Crippen LogP contribution < -0.4 is 5.32 Å². The Balaban J connectivity index is 2.38. The van der Waals surface area contributed by atoms with Crippen LogP contribution in [0.1, 0.15) is 19.3 Å². The first kappa shape index (κ1) is 15.7. The van der Waals surface area contributed by atoms with Gasteiger partial charge in [0.25, 0.3) is 0 Å². The highest BCUT2D eigenvalue weighted by Crippen LogP contribution is 2.18. The fourth-order valence-corrected chi connectivity index (χ4v) is 2.27. The van der Waals surface area contributed by atoms with Crippen LogP contribution in [0.2, 0.25) is 0 Å². The number of hydrogen-bond acceptors (Lipinski definition) is 4. The first-order valence-corrected chi connectivity index (χ1v) is 6.49. The standard InChI is InChI=1S/C12H23N3O4/c1-14(2)7-9-6-10(16)8-15(9)12(19)13-5-3-4-11(17)18/h9-10,16H,3-8H2,1-2H3,(H,13,19)(H,17,18). The van der Waals surface area contributed by atoms with E-state index in [1.165, 1.54) is 0 Å². The first-order chi connectivity index (χ1) is 8.90. The Morgan fingerprint density at radius 3 is 2.68 bits per heavy atom. The number of aliphatic hydroxyl groups excluding tert-OH is 1. The third-order valence-electron chi connectivity index (χ3n) is 3.07. The lowest BCUT2D eigenvalue weighted by Crippen LogP contribution is -2.46. The van der Waals surface area contributed by atoms with E-state index in [2.05, 4.69) is 5.32 Å². The van der Waals surface area contributed by atoms with Crippen molar-refractivity contribution in [2.24, 2.45) is 0 Å². The van der Waals surface area contributed by atoms with Crippen molar-refractivity contribution < 1.29 is 19.8 Å². The normalized spacial score (nSPS) is 22.8. The number of carbonyl (C=O) groups is 2. The van der Waals surface area contributed by atoms with Gasteiger partial charge in [0.15, 0.2) is 0 Å². The van der Waals surface area contributed by atoms with Gasteiger partial charge >= 0.3 is 12.0 Å². The van der Waals surface area contributed by atoms with E-state index in [9.17, 15) is 14.7 Å². The molecule has 0 aromatic rings. The van der Waals surface area contributed by atoms with Crippen molar-refractivity contribution in [1.29, 1.82) is 0 Å². The number of hydrogen-bond donors (Lipinski definition) is 3. The predicted octanol–water partition coefficient (Wildman–Crippen LogP) is -0.442. The summed E-state index contributed by atoms with van der Waals surface area (Å²) in [5, 5.41) is 20.9. The van der Waals surface area contributed by atoms with E-state index in [4.69, 9.17) is 5.11 Å². The molecule has 110 valence electrons. The van der Waals surface area contributed by atoms with Gasteiger partial charge in [-0.3, -0.25) is 4.79 Å². The summed E-state index contributed by atoms with van der Waals surface area (Å²) in [7, 11) is 3.85. The van der Waals surface area contributed by atoms with Gasteiger partial charge in [-0.2, -0.15) is 0 Å². The second-order valence-electron chi connectivity index (χ2n) is 5.19. The van der Waals surface area contributed by atoms with Gasteiger partial charge in [-0.05, 0) is 26.9 Å². The number of carbonyl (C=O) groups excluding carboxylic acids is 1. The van der Waals surface area contributed by atoms with Gasteiger partial charge in [0, 0.05) is 32.1 Å². The van der Waals surface area contributed by atoms with Crippen molar-refractivity contribution in [2.75, 3.05) is 33.7 Å². The summed E-state index contributed by atoms with van der Waals surface area (Å²) in [6.07, 6.45) is 0.565. The van der Waals surface area contributed by atoms with Gasteiger partial charge < -0.3 is 25.3 Å². The quantitative estimate of drug-likeness (QED) is 0.570. The summed E-state index contributed by atoms with van der Waals surface area (Å²) in [5.74, 6) is -0.865. The van der Waals surface area contributed by atoms with Crippen LogP contribution in [0.4, 0.5) is 4.79 Å². The molecule has 0 bridgehead atoms. The van der Waals surface area contributed by atoms with Gasteiger partial charge in [0.2, 0.25) is 0 Å². The monoisotopic (exact) mass is 273 g/mol. The van der Waals surface area contributed by atoms with E-state index < -0.39 is 12.1 Å². The number of rotatable bonds is 6. The van der Waals surface area contributed by atoms with E-state index in [0.29, 0.717) is 32.5 Å². The molecule has 1 rings (SSSR count). The van der Waals surface area contributed by atoms with Crippen LogP contribution in [0.3, 0.4) is 0 Å². The van der Waals surface area contributed by atoms with E-state index in [1.807, 2.05) is 19.0 Å². The Kier molecular flexibility index (Phi) is 6.04.